The molecule has 1 saturated heterocycles. The molecule has 1 heterocycles. The molecule has 1 fully saturated rings. The van der Waals surface area contributed by atoms with E-state index >= 15 is 0 Å². The molecule has 17 heavy (non-hydrogen) atoms. The molecule has 0 aromatic heterocycles. The second-order valence-corrected chi connectivity index (χ2v) is 5.11. The zero-order chi connectivity index (χ0) is 12.3. The van der Waals surface area contributed by atoms with Gasteiger partial charge in [0.2, 0.25) is 0 Å². The average Bonchev–Trinajstić information content (AvgIpc) is 2.74. The Morgan fingerprint density at radius 3 is 2.94 bits per heavy atom. The summed E-state index contributed by atoms with van der Waals surface area (Å²) in [5, 5.41) is 0. The summed E-state index contributed by atoms with van der Waals surface area (Å²) >= 11 is 6.48. The molecule has 2 rings (SSSR count). The number of carbonyl (C=O) groups excluding carboxylic acids is 1. The third-order valence-corrected chi connectivity index (χ3v) is 3.68. The van der Waals surface area contributed by atoms with Crippen molar-refractivity contribution >= 4 is 34.2 Å². The van der Waals surface area contributed by atoms with Crippen LogP contribution in [-0.2, 0) is 4.79 Å². The van der Waals surface area contributed by atoms with Crippen LogP contribution in [0.15, 0.2) is 24.3 Å². The summed E-state index contributed by atoms with van der Waals surface area (Å²) in [5.41, 5.74) is 0. The van der Waals surface area contributed by atoms with Crippen LogP contribution in [0.25, 0.3) is 0 Å². The van der Waals surface area contributed by atoms with E-state index in [-0.39, 0.29) is 18.3 Å². The Balaban J connectivity index is 1.92. The van der Waals surface area contributed by atoms with E-state index in [4.69, 9.17) is 17.0 Å². The Hall–Kier alpha value is -1.14. The standard InChI is InChI=1S/C11H10FNO2S2/c12-8-3-1-2-4-9(8)15-7-10(14)13-5-6-17-11(13)16/h1-4H,5-7H2. The lowest BCUT2D eigenvalue weighted by Gasteiger charge is -2.15. The molecule has 0 unspecified atom stereocenters. The van der Waals surface area contributed by atoms with Crippen molar-refractivity contribution < 1.29 is 13.9 Å². The molecule has 0 saturated carbocycles. The number of hydrogen-bond acceptors (Lipinski definition) is 4. The number of amides is 1. The van der Waals surface area contributed by atoms with Gasteiger partial charge >= 0.3 is 0 Å². The number of thiocarbonyl (C=S) groups is 1. The number of benzene rings is 1. The van der Waals surface area contributed by atoms with E-state index in [1.807, 2.05) is 0 Å². The van der Waals surface area contributed by atoms with Crippen LogP contribution in [-0.4, -0.2) is 34.0 Å². The van der Waals surface area contributed by atoms with Gasteiger partial charge in [0.05, 0.1) is 0 Å². The number of thioether (sulfide) groups is 1. The minimum absolute atomic E-state index is 0.0821. The van der Waals surface area contributed by atoms with E-state index in [0.717, 1.165) is 5.75 Å². The number of halogens is 1. The van der Waals surface area contributed by atoms with E-state index in [0.29, 0.717) is 10.9 Å². The van der Waals surface area contributed by atoms with Crippen molar-refractivity contribution in [3.63, 3.8) is 0 Å². The lowest BCUT2D eigenvalue weighted by Crippen LogP contribution is -2.34. The van der Waals surface area contributed by atoms with Gasteiger partial charge in [-0.15, -0.1) is 0 Å². The first kappa shape index (κ1) is 12.3. The Bertz CT molecular complexity index is 453. The second kappa shape index (κ2) is 5.46. The molecule has 0 N–H and O–H groups in total. The molecule has 0 radical (unpaired) electrons. The molecule has 0 atom stereocenters. The maximum Gasteiger partial charge on any atom is 0.265 e. The summed E-state index contributed by atoms with van der Waals surface area (Å²) in [6.45, 7) is 0.407. The topological polar surface area (TPSA) is 29.5 Å². The highest BCUT2D eigenvalue weighted by Gasteiger charge is 2.24. The van der Waals surface area contributed by atoms with Crippen LogP contribution < -0.4 is 4.74 Å². The first-order valence-corrected chi connectivity index (χ1v) is 6.42. The van der Waals surface area contributed by atoms with Crippen molar-refractivity contribution in [3.05, 3.63) is 30.1 Å². The Morgan fingerprint density at radius 2 is 2.29 bits per heavy atom. The fraction of sp³-hybridized carbons (Fsp3) is 0.273. The van der Waals surface area contributed by atoms with Crippen molar-refractivity contribution in [2.45, 2.75) is 0 Å². The fourth-order valence-electron chi connectivity index (χ4n) is 1.40. The Labute approximate surface area is 108 Å². The second-order valence-electron chi connectivity index (χ2n) is 3.38. The number of ether oxygens (including phenoxy) is 1. The summed E-state index contributed by atoms with van der Waals surface area (Å²) in [4.78, 5) is 13.2. The summed E-state index contributed by atoms with van der Waals surface area (Å²) < 4.78 is 18.9. The lowest BCUT2D eigenvalue weighted by atomic mass is 10.3. The monoisotopic (exact) mass is 271 g/mol. The summed E-state index contributed by atoms with van der Waals surface area (Å²) in [7, 11) is 0. The van der Waals surface area contributed by atoms with E-state index in [2.05, 4.69) is 0 Å². The Morgan fingerprint density at radius 1 is 1.53 bits per heavy atom. The van der Waals surface area contributed by atoms with Gasteiger partial charge in [-0.05, 0) is 12.1 Å². The molecule has 0 bridgehead atoms. The molecule has 1 aliphatic rings. The van der Waals surface area contributed by atoms with Gasteiger partial charge in [0.25, 0.3) is 5.91 Å². The number of nitrogens with zero attached hydrogens (tertiary/aromatic N) is 1. The molecule has 1 amide bonds. The van der Waals surface area contributed by atoms with E-state index in [1.165, 1.54) is 28.8 Å². The average molecular weight is 271 g/mol. The van der Waals surface area contributed by atoms with Crippen LogP contribution in [0.5, 0.6) is 5.75 Å². The lowest BCUT2D eigenvalue weighted by molar-refractivity contribution is -0.128. The number of carbonyl (C=O) groups is 1. The minimum Gasteiger partial charge on any atom is -0.481 e. The SMILES string of the molecule is O=C(COc1ccccc1F)N1CCSC1=S. The van der Waals surface area contributed by atoms with Crippen molar-refractivity contribution in [2.24, 2.45) is 0 Å². The van der Waals surface area contributed by atoms with Crippen molar-refractivity contribution in [2.75, 3.05) is 18.9 Å². The molecule has 6 heteroatoms. The predicted octanol–water partition coefficient (Wildman–Crippen LogP) is 2.06. The summed E-state index contributed by atoms with van der Waals surface area (Å²) in [6.07, 6.45) is 0. The van der Waals surface area contributed by atoms with E-state index < -0.39 is 5.82 Å². The molecular formula is C11H10FNO2S2. The van der Waals surface area contributed by atoms with Crippen LogP contribution in [0.4, 0.5) is 4.39 Å². The maximum atomic E-state index is 13.2. The van der Waals surface area contributed by atoms with Crippen molar-refractivity contribution in [1.82, 2.24) is 4.90 Å². The predicted molar refractivity (Wildman–Crippen MR) is 68.7 cm³/mol. The van der Waals surface area contributed by atoms with Crippen LogP contribution in [0.1, 0.15) is 0 Å². The summed E-state index contributed by atoms with van der Waals surface area (Å²) in [6, 6.07) is 5.99. The molecule has 90 valence electrons. The first-order valence-electron chi connectivity index (χ1n) is 5.03. The molecule has 0 spiro atoms. The molecule has 3 nitrogen and oxygen atoms in total. The quantitative estimate of drug-likeness (QED) is 0.787. The maximum absolute atomic E-state index is 13.2. The number of para-hydroxylation sites is 1. The number of hydrogen-bond donors (Lipinski definition) is 0. The molecule has 1 aromatic carbocycles. The van der Waals surface area contributed by atoms with E-state index in [1.54, 1.807) is 12.1 Å². The number of rotatable bonds is 3. The van der Waals surface area contributed by atoms with Gasteiger partial charge in [0.1, 0.15) is 4.32 Å². The molecule has 1 aliphatic heterocycles. The van der Waals surface area contributed by atoms with Gasteiger partial charge in [-0.25, -0.2) is 4.39 Å². The Kier molecular flexibility index (Phi) is 3.96. The molecular weight excluding hydrogens is 261 g/mol. The third kappa shape index (κ3) is 2.95. The fourth-order valence-corrected chi connectivity index (χ4v) is 2.64. The van der Waals surface area contributed by atoms with Crippen LogP contribution in [0, 0.1) is 5.82 Å². The molecule has 1 aromatic rings. The zero-order valence-corrected chi connectivity index (χ0v) is 10.5. The third-order valence-electron chi connectivity index (χ3n) is 2.25. The molecule has 0 aliphatic carbocycles. The van der Waals surface area contributed by atoms with Crippen LogP contribution >= 0.6 is 24.0 Å². The first-order chi connectivity index (χ1) is 8.18. The van der Waals surface area contributed by atoms with Crippen molar-refractivity contribution in [3.8, 4) is 5.75 Å². The van der Waals surface area contributed by atoms with Gasteiger partial charge < -0.3 is 4.74 Å². The minimum atomic E-state index is -0.473. The largest absolute Gasteiger partial charge is 0.481 e. The van der Waals surface area contributed by atoms with Gasteiger partial charge in [-0.2, -0.15) is 0 Å². The normalized spacial score (nSPS) is 15.1. The highest BCUT2D eigenvalue weighted by Crippen LogP contribution is 2.19. The van der Waals surface area contributed by atoms with Crippen molar-refractivity contribution in [1.29, 1.82) is 0 Å². The van der Waals surface area contributed by atoms with Gasteiger partial charge in [0.15, 0.2) is 18.2 Å². The smallest absolute Gasteiger partial charge is 0.265 e. The highest BCUT2D eigenvalue weighted by molar-refractivity contribution is 8.23. The van der Waals surface area contributed by atoms with Gasteiger partial charge in [-0.3, -0.25) is 9.69 Å². The summed E-state index contributed by atoms with van der Waals surface area (Å²) in [5.74, 6) is 0.185. The zero-order valence-electron chi connectivity index (χ0n) is 8.89. The highest BCUT2D eigenvalue weighted by atomic mass is 32.2. The van der Waals surface area contributed by atoms with Crippen LogP contribution in [0.3, 0.4) is 0 Å². The van der Waals surface area contributed by atoms with Crippen LogP contribution in [0.2, 0.25) is 0 Å². The van der Waals surface area contributed by atoms with Gasteiger partial charge in [0, 0.05) is 12.3 Å². The van der Waals surface area contributed by atoms with Gasteiger partial charge in [-0.1, -0.05) is 36.1 Å². The van der Waals surface area contributed by atoms with E-state index in [9.17, 15) is 9.18 Å².